The Hall–Kier alpha value is -4.20. The highest BCUT2D eigenvalue weighted by Crippen LogP contribution is 2.43. The number of rotatable bonds is 10. The van der Waals surface area contributed by atoms with Crippen LogP contribution in [-0.4, -0.2) is 43.3 Å². The number of carbonyl (C=O) groups excluding carboxylic acids is 1. The van der Waals surface area contributed by atoms with Gasteiger partial charge in [-0.1, -0.05) is 0 Å². The molecule has 0 radical (unpaired) electrons. The quantitative estimate of drug-likeness (QED) is 0.242. The summed E-state index contributed by atoms with van der Waals surface area (Å²) >= 11 is 0. The number of furan rings is 1. The number of carbonyl (C=O) groups is 1. The molecule has 0 saturated carbocycles. The number of nitrogens with zero attached hydrogens (tertiary/aromatic N) is 2. The Kier molecular flexibility index (Phi) is 7.63. The number of amides is 1. The highest BCUT2D eigenvalue weighted by atomic mass is 16.5. The minimum atomic E-state index is -0.153. The monoisotopic (exact) mass is 489 g/mol. The van der Waals surface area contributed by atoms with Gasteiger partial charge in [0.15, 0.2) is 0 Å². The molecule has 4 aromatic rings. The molecule has 0 atom stereocenters. The van der Waals surface area contributed by atoms with E-state index in [9.17, 15) is 4.79 Å². The number of imidazole rings is 1. The zero-order chi connectivity index (χ0) is 25.7. The van der Waals surface area contributed by atoms with Crippen molar-refractivity contribution in [3.63, 3.8) is 0 Å². The van der Waals surface area contributed by atoms with Crippen LogP contribution in [0, 0.1) is 6.92 Å². The standard InChI is InChI=1S/C28H31N3O5/c1-18(13-26(32)30-9-6-11-31-12-10-29-17-31)21-15-23-24(16-36-28(23)19(2)27(21)35-5)22-14-20(33-3)7-8-25(22)34-4/h7-8,10,12-17H,6,9,11H2,1-5H3,(H,30,32)/b18-13+. The molecule has 0 saturated heterocycles. The normalized spacial score (nSPS) is 11.5. The van der Waals surface area contributed by atoms with Crippen LogP contribution in [0.3, 0.4) is 0 Å². The highest BCUT2D eigenvalue weighted by Gasteiger charge is 2.20. The second kappa shape index (κ2) is 11.0. The van der Waals surface area contributed by atoms with Crippen molar-refractivity contribution in [1.82, 2.24) is 14.9 Å². The molecule has 0 aliphatic heterocycles. The van der Waals surface area contributed by atoms with E-state index in [0.717, 1.165) is 46.2 Å². The summed E-state index contributed by atoms with van der Waals surface area (Å²) in [6.07, 6.45) is 9.54. The lowest BCUT2D eigenvalue weighted by Gasteiger charge is -2.14. The van der Waals surface area contributed by atoms with Crippen molar-refractivity contribution in [1.29, 1.82) is 0 Å². The van der Waals surface area contributed by atoms with E-state index in [1.165, 1.54) is 0 Å². The van der Waals surface area contributed by atoms with Crippen LogP contribution in [0.15, 0.2) is 59.7 Å². The topological polar surface area (TPSA) is 87.7 Å². The van der Waals surface area contributed by atoms with E-state index in [-0.39, 0.29) is 5.91 Å². The summed E-state index contributed by atoms with van der Waals surface area (Å²) < 4.78 is 24.7. The predicted octanol–water partition coefficient (Wildman–Crippen LogP) is 5.24. The minimum Gasteiger partial charge on any atom is -0.497 e. The first-order valence-electron chi connectivity index (χ1n) is 11.7. The van der Waals surface area contributed by atoms with Crippen LogP contribution in [0.1, 0.15) is 24.5 Å². The van der Waals surface area contributed by atoms with Gasteiger partial charge in [0.05, 0.1) is 33.9 Å². The van der Waals surface area contributed by atoms with Crippen LogP contribution < -0.4 is 19.5 Å². The van der Waals surface area contributed by atoms with Gasteiger partial charge in [-0.25, -0.2) is 4.98 Å². The van der Waals surface area contributed by atoms with E-state index in [2.05, 4.69) is 10.3 Å². The molecule has 0 spiro atoms. The van der Waals surface area contributed by atoms with Crippen molar-refractivity contribution in [2.45, 2.75) is 26.8 Å². The van der Waals surface area contributed by atoms with Crippen LogP contribution in [0.5, 0.6) is 17.2 Å². The molecule has 2 aromatic heterocycles. The van der Waals surface area contributed by atoms with Gasteiger partial charge < -0.3 is 28.5 Å². The lowest BCUT2D eigenvalue weighted by atomic mass is 9.96. The smallest absolute Gasteiger partial charge is 0.244 e. The van der Waals surface area contributed by atoms with E-state index in [1.807, 2.05) is 48.9 Å². The SMILES string of the molecule is COc1ccc(OC)c(-c2coc3c(C)c(OC)c(/C(C)=C/C(=O)NCCCn4ccnc4)cc23)c1. The molecule has 8 nitrogen and oxygen atoms in total. The van der Waals surface area contributed by atoms with Crippen LogP contribution >= 0.6 is 0 Å². The largest absolute Gasteiger partial charge is 0.497 e. The van der Waals surface area contributed by atoms with E-state index in [4.69, 9.17) is 18.6 Å². The average Bonchev–Trinajstić information content (AvgIpc) is 3.56. The Labute approximate surface area is 210 Å². The Morgan fingerprint density at radius 3 is 2.67 bits per heavy atom. The first-order valence-corrected chi connectivity index (χ1v) is 11.7. The van der Waals surface area contributed by atoms with Gasteiger partial charge in [0, 0.05) is 59.2 Å². The van der Waals surface area contributed by atoms with Crippen LogP contribution in [0.4, 0.5) is 0 Å². The molecule has 1 N–H and O–H groups in total. The number of benzene rings is 2. The zero-order valence-corrected chi connectivity index (χ0v) is 21.3. The van der Waals surface area contributed by atoms with Gasteiger partial charge in [-0.15, -0.1) is 0 Å². The first-order chi connectivity index (χ1) is 17.5. The Morgan fingerprint density at radius 2 is 1.97 bits per heavy atom. The second-order valence-corrected chi connectivity index (χ2v) is 8.45. The lowest BCUT2D eigenvalue weighted by molar-refractivity contribution is -0.116. The fraction of sp³-hybridized carbons (Fsp3) is 0.286. The molecule has 0 fully saturated rings. The number of aryl methyl sites for hydroxylation is 2. The van der Waals surface area contributed by atoms with E-state index < -0.39 is 0 Å². The third kappa shape index (κ3) is 5.07. The predicted molar refractivity (Wildman–Crippen MR) is 140 cm³/mol. The molecular formula is C28H31N3O5. The molecule has 188 valence electrons. The molecule has 2 heterocycles. The van der Waals surface area contributed by atoms with Crippen molar-refractivity contribution >= 4 is 22.4 Å². The second-order valence-electron chi connectivity index (χ2n) is 8.45. The maximum Gasteiger partial charge on any atom is 0.244 e. The molecule has 36 heavy (non-hydrogen) atoms. The molecular weight excluding hydrogens is 458 g/mol. The number of ether oxygens (including phenoxy) is 3. The summed E-state index contributed by atoms with van der Waals surface area (Å²) in [6, 6.07) is 7.64. The van der Waals surface area contributed by atoms with Gasteiger partial charge in [0.2, 0.25) is 5.91 Å². The van der Waals surface area contributed by atoms with Crippen molar-refractivity contribution in [2.24, 2.45) is 0 Å². The number of hydrogen-bond donors (Lipinski definition) is 1. The summed E-state index contributed by atoms with van der Waals surface area (Å²) in [5, 5.41) is 3.85. The molecule has 0 aliphatic carbocycles. The molecule has 2 aromatic carbocycles. The van der Waals surface area contributed by atoms with Gasteiger partial charge in [-0.05, 0) is 50.1 Å². The van der Waals surface area contributed by atoms with E-state index in [0.29, 0.717) is 29.4 Å². The Morgan fingerprint density at radius 1 is 1.14 bits per heavy atom. The summed E-state index contributed by atoms with van der Waals surface area (Å²) in [5.41, 5.74) is 4.89. The fourth-order valence-electron chi connectivity index (χ4n) is 4.32. The summed E-state index contributed by atoms with van der Waals surface area (Å²) in [5.74, 6) is 1.93. The number of methoxy groups -OCH3 is 3. The van der Waals surface area contributed by atoms with Crippen molar-refractivity contribution < 1.29 is 23.4 Å². The van der Waals surface area contributed by atoms with E-state index >= 15 is 0 Å². The molecule has 0 aliphatic rings. The Bertz CT molecular complexity index is 1390. The number of aromatic nitrogens is 2. The maximum atomic E-state index is 12.6. The van der Waals surface area contributed by atoms with Crippen LogP contribution in [0.25, 0.3) is 27.7 Å². The highest BCUT2D eigenvalue weighted by molar-refractivity contribution is 6.02. The molecule has 0 bridgehead atoms. The molecule has 8 heteroatoms. The van der Waals surface area contributed by atoms with Gasteiger partial charge in [-0.3, -0.25) is 4.79 Å². The van der Waals surface area contributed by atoms with Crippen molar-refractivity contribution in [3.05, 3.63) is 66.5 Å². The summed E-state index contributed by atoms with van der Waals surface area (Å²) in [4.78, 5) is 16.7. The summed E-state index contributed by atoms with van der Waals surface area (Å²) in [7, 11) is 4.88. The zero-order valence-electron chi connectivity index (χ0n) is 21.3. The third-order valence-corrected chi connectivity index (χ3v) is 6.17. The molecule has 1 amide bonds. The van der Waals surface area contributed by atoms with Gasteiger partial charge in [0.1, 0.15) is 22.8 Å². The molecule has 0 unspecified atom stereocenters. The minimum absolute atomic E-state index is 0.153. The lowest BCUT2D eigenvalue weighted by Crippen LogP contribution is -2.23. The van der Waals surface area contributed by atoms with Crippen LogP contribution in [-0.2, 0) is 11.3 Å². The van der Waals surface area contributed by atoms with E-state index in [1.54, 1.807) is 46.2 Å². The number of fused-ring (bicyclic) bond motifs is 1. The number of hydrogen-bond acceptors (Lipinski definition) is 6. The van der Waals surface area contributed by atoms with Crippen LogP contribution in [0.2, 0.25) is 0 Å². The summed E-state index contributed by atoms with van der Waals surface area (Å²) in [6.45, 7) is 5.21. The van der Waals surface area contributed by atoms with Crippen molar-refractivity contribution in [3.8, 4) is 28.4 Å². The number of allylic oxidation sites excluding steroid dienone is 1. The van der Waals surface area contributed by atoms with Gasteiger partial charge in [-0.2, -0.15) is 0 Å². The molecule has 4 rings (SSSR count). The Balaban J connectivity index is 1.65. The van der Waals surface area contributed by atoms with Gasteiger partial charge in [0.25, 0.3) is 0 Å². The fourth-order valence-corrected chi connectivity index (χ4v) is 4.32. The third-order valence-electron chi connectivity index (χ3n) is 6.17. The number of nitrogens with one attached hydrogen (secondary N) is 1. The van der Waals surface area contributed by atoms with Gasteiger partial charge >= 0.3 is 0 Å². The first kappa shape index (κ1) is 24.9. The van der Waals surface area contributed by atoms with Crippen molar-refractivity contribution in [2.75, 3.05) is 27.9 Å². The maximum absolute atomic E-state index is 12.6. The average molecular weight is 490 g/mol.